The van der Waals surface area contributed by atoms with E-state index in [-0.39, 0.29) is 17.8 Å². The lowest BCUT2D eigenvalue weighted by molar-refractivity contribution is -0.149. The lowest BCUT2D eigenvalue weighted by Gasteiger charge is -2.30. The molecule has 0 bridgehead atoms. The molecule has 0 aromatic carbocycles. The molecule has 0 N–H and O–H groups in total. The number of ether oxygens (including phenoxy) is 1. The highest BCUT2D eigenvalue weighted by Gasteiger charge is 2.29. The molecule has 0 unspecified atom stereocenters. The van der Waals surface area contributed by atoms with Gasteiger partial charge in [0.15, 0.2) is 0 Å². The van der Waals surface area contributed by atoms with Crippen molar-refractivity contribution in [3.05, 3.63) is 21.3 Å². The number of hydrogen-bond acceptors (Lipinski definition) is 4. The molecule has 0 radical (unpaired) electrons. The van der Waals surface area contributed by atoms with Crippen LogP contribution in [0.15, 0.2) is 12.1 Å². The van der Waals surface area contributed by atoms with E-state index in [2.05, 4.69) is 0 Å². The van der Waals surface area contributed by atoms with Gasteiger partial charge in [0.05, 0.1) is 21.7 Å². The number of likely N-dealkylation sites (tertiary alicyclic amines) is 1. The van der Waals surface area contributed by atoms with Gasteiger partial charge in [0.25, 0.3) is 5.91 Å². The molecule has 1 amide bonds. The summed E-state index contributed by atoms with van der Waals surface area (Å²) < 4.78 is 5.62. The Balaban J connectivity index is 1.89. The van der Waals surface area contributed by atoms with Crippen LogP contribution in [0.5, 0.6) is 0 Å². The first-order chi connectivity index (χ1) is 9.11. The van der Waals surface area contributed by atoms with Crippen molar-refractivity contribution in [3.8, 4) is 0 Å². The average molecular weight is 302 g/mol. The Morgan fingerprint density at radius 2 is 2.11 bits per heavy atom. The van der Waals surface area contributed by atoms with Crippen molar-refractivity contribution in [1.29, 1.82) is 0 Å². The van der Waals surface area contributed by atoms with Crippen LogP contribution in [-0.2, 0) is 9.53 Å². The van der Waals surface area contributed by atoms with Crippen LogP contribution in [0.2, 0.25) is 4.34 Å². The van der Waals surface area contributed by atoms with Crippen LogP contribution in [0.3, 0.4) is 0 Å². The van der Waals surface area contributed by atoms with Gasteiger partial charge in [-0.05, 0) is 31.9 Å². The quantitative estimate of drug-likeness (QED) is 0.807. The number of halogens is 1. The van der Waals surface area contributed by atoms with Gasteiger partial charge in [-0.25, -0.2) is 0 Å². The smallest absolute Gasteiger partial charge is 0.309 e. The van der Waals surface area contributed by atoms with Crippen molar-refractivity contribution < 1.29 is 14.3 Å². The standard InChI is InChI=1S/C13H16ClNO3S/c1-2-18-13(17)9-5-7-15(8-6-9)12(16)10-3-4-11(14)19-10/h3-4,9H,2,5-8H2,1H3. The summed E-state index contributed by atoms with van der Waals surface area (Å²) in [6.45, 7) is 3.40. The van der Waals surface area contributed by atoms with Gasteiger partial charge in [-0.3, -0.25) is 9.59 Å². The molecule has 4 nitrogen and oxygen atoms in total. The number of thiophene rings is 1. The van der Waals surface area contributed by atoms with E-state index < -0.39 is 0 Å². The number of esters is 1. The maximum atomic E-state index is 12.2. The molecule has 2 heterocycles. The highest BCUT2D eigenvalue weighted by atomic mass is 35.5. The molecule has 19 heavy (non-hydrogen) atoms. The zero-order valence-electron chi connectivity index (χ0n) is 10.7. The highest BCUT2D eigenvalue weighted by Crippen LogP contribution is 2.25. The van der Waals surface area contributed by atoms with Crippen molar-refractivity contribution in [2.75, 3.05) is 19.7 Å². The first-order valence-electron chi connectivity index (χ1n) is 6.33. The number of hydrogen-bond donors (Lipinski definition) is 0. The Bertz CT molecular complexity index is 466. The minimum Gasteiger partial charge on any atom is -0.466 e. The lowest BCUT2D eigenvalue weighted by Crippen LogP contribution is -2.40. The summed E-state index contributed by atoms with van der Waals surface area (Å²) in [7, 11) is 0. The monoisotopic (exact) mass is 301 g/mol. The van der Waals surface area contributed by atoms with Crippen LogP contribution in [0.1, 0.15) is 29.4 Å². The van der Waals surface area contributed by atoms with Crippen molar-refractivity contribution >= 4 is 34.8 Å². The molecule has 1 aliphatic heterocycles. The second-order valence-electron chi connectivity index (χ2n) is 4.42. The Hall–Kier alpha value is -1.07. The second-order valence-corrected chi connectivity index (χ2v) is 6.14. The second kappa shape index (κ2) is 6.39. The average Bonchev–Trinajstić information content (AvgIpc) is 2.85. The van der Waals surface area contributed by atoms with E-state index in [0.717, 1.165) is 0 Å². The van der Waals surface area contributed by atoms with Crippen LogP contribution in [-0.4, -0.2) is 36.5 Å². The van der Waals surface area contributed by atoms with Crippen LogP contribution >= 0.6 is 22.9 Å². The predicted octanol–water partition coefficient (Wildman–Crippen LogP) is 2.82. The van der Waals surface area contributed by atoms with E-state index in [0.29, 0.717) is 41.8 Å². The molecule has 0 atom stereocenters. The zero-order chi connectivity index (χ0) is 13.8. The van der Waals surface area contributed by atoms with Crippen molar-refractivity contribution in [2.24, 2.45) is 5.92 Å². The fourth-order valence-electron chi connectivity index (χ4n) is 2.16. The maximum absolute atomic E-state index is 12.2. The Morgan fingerprint density at radius 1 is 1.42 bits per heavy atom. The molecule has 0 aliphatic carbocycles. The summed E-state index contributed by atoms with van der Waals surface area (Å²) in [4.78, 5) is 26.2. The van der Waals surface area contributed by atoms with E-state index >= 15 is 0 Å². The Labute approximate surface area is 121 Å². The molecule has 0 saturated carbocycles. The van der Waals surface area contributed by atoms with Gasteiger partial charge in [-0.1, -0.05) is 11.6 Å². The van der Waals surface area contributed by atoms with Gasteiger partial charge < -0.3 is 9.64 Å². The summed E-state index contributed by atoms with van der Waals surface area (Å²) in [5.41, 5.74) is 0. The molecule has 1 fully saturated rings. The van der Waals surface area contributed by atoms with Crippen LogP contribution in [0.4, 0.5) is 0 Å². The minimum atomic E-state index is -0.145. The normalized spacial score (nSPS) is 16.4. The van der Waals surface area contributed by atoms with Gasteiger partial charge in [0, 0.05) is 13.1 Å². The van der Waals surface area contributed by atoms with Gasteiger partial charge in [-0.15, -0.1) is 11.3 Å². The third-order valence-electron chi connectivity index (χ3n) is 3.19. The summed E-state index contributed by atoms with van der Waals surface area (Å²) >= 11 is 7.12. The van der Waals surface area contributed by atoms with E-state index in [1.165, 1.54) is 11.3 Å². The number of amides is 1. The van der Waals surface area contributed by atoms with Crippen LogP contribution in [0.25, 0.3) is 0 Å². The molecule has 2 rings (SSSR count). The predicted molar refractivity (Wildman–Crippen MR) is 74.6 cm³/mol. The third-order valence-corrected chi connectivity index (χ3v) is 4.41. The number of piperidine rings is 1. The summed E-state index contributed by atoms with van der Waals surface area (Å²) in [6.07, 6.45) is 1.34. The van der Waals surface area contributed by atoms with Crippen molar-refractivity contribution in [2.45, 2.75) is 19.8 Å². The number of carbonyl (C=O) groups excluding carboxylic acids is 2. The van der Waals surface area contributed by atoms with E-state index in [1.807, 2.05) is 0 Å². The highest BCUT2D eigenvalue weighted by molar-refractivity contribution is 7.17. The molecular weight excluding hydrogens is 286 g/mol. The molecular formula is C13H16ClNO3S. The molecule has 1 aromatic rings. The summed E-state index contributed by atoms with van der Waals surface area (Å²) in [5, 5.41) is 0. The molecule has 1 aliphatic rings. The Kier molecular flexibility index (Phi) is 4.82. The van der Waals surface area contributed by atoms with Gasteiger partial charge in [0.2, 0.25) is 0 Å². The Morgan fingerprint density at radius 3 is 2.63 bits per heavy atom. The van der Waals surface area contributed by atoms with Gasteiger partial charge >= 0.3 is 5.97 Å². The lowest BCUT2D eigenvalue weighted by atomic mass is 9.97. The van der Waals surface area contributed by atoms with E-state index in [9.17, 15) is 9.59 Å². The largest absolute Gasteiger partial charge is 0.466 e. The molecule has 1 saturated heterocycles. The van der Waals surface area contributed by atoms with Gasteiger partial charge in [-0.2, -0.15) is 0 Å². The van der Waals surface area contributed by atoms with Crippen molar-refractivity contribution in [1.82, 2.24) is 4.90 Å². The third kappa shape index (κ3) is 3.48. The van der Waals surface area contributed by atoms with Crippen LogP contribution in [0, 0.1) is 5.92 Å². The number of rotatable bonds is 3. The minimum absolute atomic E-state index is 0.000733. The fraction of sp³-hybridized carbons (Fsp3) is 0.538. The topological polar surface area (TPSA) is 46.6 Å². The summed E-state index contributed by atoms with van der Waals surface area (Å²) in [6, 6.07) is 3.47. The van der Waals surface area contributed by atoms with Crippen LogP contribution < -0.4 is 0 Å². The first-order valence-corrected chi connectivity index (χ1v) is 7.52. The number of nitrogens with zero attached hydrogens (tertiary/aromatic N) is 1. The molecule has 6 heteroatoms. The molecule has 1 aromatic heterocycles. The summed E-state index contributed by atoms with van der Waals surface area (Å²) in [5.74, 6) is -0.219. The SMILES string of the molecule is CCOC(=O)C1CCN(C(=O)c2ccc(Cl)s2)CC1. The zero-order valence-corrected chi connectivity index (χ0v) is 12.3. The van der Waals surface area contributed by atoms with E-state index in [1.54, 1.807) is 24.0 Å². The first kappa shape index (κ1) is 14.3. The van der Waals surface area contributed by atoms with Crippen molar-refractivity contribution in [3.63, 3.8) is 0 Å². The van der Waals surface area contributed by atoms with Gasteiger partial charge in [0.1, 0.15) is 0 Å². The maximum Gasteiger partial charge on any atom is 0.309 e. The van der Waals surface area contributed by atoms with E-state index in [4.69, 9.17) is 16.3 Å². The molecule has 0 spiro atoms. The molecule has 104 valence electrons. The number of carbonyl (C=O) groups is 2. The fourth-order valence-corrected chi connectivity index (χ4v) is 3.17.